The number of hydrogen-bond donors (Lipinski definition) is 1. The van der Waals surface area contributed by atoms with E-state index in [1.807, 2.05) is 13.8 Å². The summed E-state index contributed by atoms with van der Waals surface area (Å²) >= 11 is 0. The maximum Gasteiger partial charge on any atom is 0.192 e. The van der Waals surface area contributed by atoms with E-state index in [0.29, 0.717) is 0 Å². The van der Waals surface area contributed by atoms with Gasteiger partial charge in [-0.25, -0.2) is 0 Å². The number of hydrogen-bond acceptors (Lipinski definition) is 5. The normalized spacial score (nSPS) is 32.1. The van der Waals surface area contributed by atoms with Gasteiger partial charge in [-0.1, -0.05) is 52.9 Å². The van der Waals surface area contributed by atoms with Gasteiger partial charge in [-0.05, 0) is 38.4 Å². The third-order valence-corrected chi connectivity index (χ3v) is 10.6. The van der Waals surface area contributed by atoms with Crippen LogP contribution in [0.1, 0.15) is 73.6 Å². The predicted molar refractivity (Wildman–Crippen MR) is 113 cm³/mol. The van der Waals surface area contributed by atoms with Gasteiger partial charge in [-0.15, -0.1) is 5.92 Å². The van der Waals surface area contributed by atoms with E-state index in [1.165, 1.54) is 12.8 Å². The van der Waals surface area contributed by atoms with Gasteiger partial charge in [0.1, 0.15) is 6.10 Å². The van der Waals surface area contributed by atoms with Crippen molar-refractivity contribution in [3.63, 3.8) is 0 Å². The molecule has 0 saturated carbocycles. The Balaban J connectivity index is 2.12. The second-order valence-electron chi connectivity index (χ2n) is 10.1. The summed E-state index contributed by atoms with van der Waals surface area (Å²) in [5, 5.41) is 11.6. The van der Waals surface area contributed by atoms with Crippen molar-refractivity contribution in [3.05, 3.63) is 0 Å². The van der Waals surface area contributed by atoms with Crippen LogP contribution in [0.3, 0.4) is 0 Å². The maximum absolute atomic E-state index is 11.5. The van der Waals surface area contributed by atoms with Crippen LogP contribution >= 0.6 is 0 Å². The van der Waals surface area contributed by atoms with Gasteiger partial charge in [-0.2, -0.15) is 0 Å². The van der Waals surface area contributed by atoms with Crippen LogP contribution in [0.4, 0.5) is 0 Å². The minimum absolute atomic E-state index is 0.0829. The summed E-state index contributed by atoms with van der Waals surface area (Å²) in [7, 11) is -1.97. The van der Waals surface area contributed by atoms with Crippen molar-refractivity contribution in [2.45, 2.75) is 122 Å². The third kappa shape index (κ3) is 5.38. The van der Waals surface area contributed by atoms with Crippen LogP contribution in [-0.4, -0.2) is 49.9 Å². The van der Waals surface area contributed by atoms with Crippen molar-refractivity contribution in [3.8, 4) is 11.8 Å². The average Bonchev–Trinajstić information content (AvgIpc) is 2.99. The number of ether oxygens (including phenoxy) is 3. The Morgan fingerprint density at radius 1 is 1.11 bits per heavy atom. The average molecular weight is 413 g/mol. The Labute approximate surface area is 172 Å². The van der Waals surface area contributed by atoms with Gasteiger partial charge < -0.3 is 23.7 Å². The summed E-state index contributed by atoms with van der Waals surface area (Å²) in [6.07, 6.45) is 3.55. The first-order valence-electron chi connectivity index (χ1n) is 10.7. The summed E-state index contributed by atoms with van der Waals surface area (Å²) in [5.74, 6) is 5.45. The molecule has 0 aromatic rings. The standard InChI is InChI=1S/C22H40O5Si/c1-9-10-11-12-13-14-15-22(23)17(16-24-28(7,8)20(2,3)4)25-19-18(22)26-21(5,6)27-19/h17-19,23H,9-13,16H2,1-8H3/t17-,18+,19-,22-/m1/s1. The first-order valence-corrected chi connectivity index (χ1v) is 13.6. The summed E-state index contributed by atoms with van der Waals surface area (Å²) in [6, 6.07) is 0. The van der Waals surface area contributed by atoms with Crippen LogP contribution in [-0.2, 0) is 18.6 Å². The minimum Gasteiger partial charge on any atom is -0.414 e. The fourth-order valence-electron chi connectivity index (χ4n) is 3.24. The van der Waals surface area contributed by atoms with Crippen molar-refractivity contribution >= 4 is 8.32 Å². The lowest BCUT2D eigenvalue weighted by molar-refractivity contribution is -0.225. The Morgan fingerprint density at radius 2 is 1.79 bits per heavy atom. The van der Waals surface area contributed by atoms with Crippen LogP contribution in [0.25, 0.3) is 0 Å². The molecule has 0 aliphatic carbocycles. The third-order valence-electron chi connectivity index (χ3n) is 6.13. The van der Waals surface area contributed by atoms with E-state index < -0.39 is 38.2 Å². The van der Waals surface area contributed by atoms with Crippen LogP contribution in [0.2, 0.25) is 18.1 Å². The fourth-order valence-corrected chi connectivity index (χ4v) is 4.24. The van der Waals surface area contributed by atoms with E-state index in [1.54, 1.807) is 0 Å². The highest BCUT2D eigenvalue weighted by Gasteiger charge is 2.63. The van der Waals surface area contributed by atoms with Crippen LogP contribution in [0, 0.1) is 11.8 Å². The smallest absolute Gasteiger partial charge is 0.192 e. The summed E-state index contributed by atoms with van der Waals surface area (Å²) < 4.78 is 24.2. The topological polar surface area (TPSA) is 57.2 Å². The lowest BCUT2D eigenvalue weighted by Crippen LogP contribution is -2.52. The van der Waals surface area contributed by atoms with Crippen LogP contribution in [0.5, 0.6) is 0 Å². The van der Waals surface area contributed by atoms with E-state index in [4.69, 9.17) is 18.6 Å². The van der Waals surface area contributed by atoms with Gasteiger partial charge in [0.05, 0.1) is 6.61 Å². The summed E-state index contributed by atoms with van der Waals surface area (Å²) in [4.78, 5) is 0. The molecule has 2 fully saturated rings. The molecule has 0 bridgehead atoms. The van der Waals surface area contributed by atoms with Gasteiger partial charge in [0.15, 0.2) is 32.1 Å². The van der Waals surface area contributed by atoms with Gasteiger partial charge in [0.25, 0.3) is 0 Å². The van der Waals surface area contributed by atoms with E-state index in [2.05, 4.69) is 52.6 Å². The molecular formula is C22H40O5Si. The first kappa shape index (κ1) is 23.9. The largest absolute Gasteiger partial charge is 0.414 e. The highest BCUT2D eigenvalue weighted by molar-refractivity contribution is 6.74. The second kappa shape index (κ2) is 8.75. The monoisotopic (exact) mass is 412 g/mol. The Morgan fingerprint density at radius 3 is 2.39 bits per heavy atom. The molecule has 2 rings (SSSR count). The number of aliphatic hydroxyl groups is 1. The molecule has 0 aromatic heterocycles. The highest BCUT2D eigenvalue weighted by Crippen LogP contribution is 2.44. The lowest BCUT2D eigenvalue weighted by atomic mass is 9.93. The number of fused-ring (bicyclic) bond motifs is 1. The quantitative estimate of drug-likeness (QED) is 0.376. The maximum atomic E-state index is 11.5. The van der Waals surface area contributed by atoms with Crippen molar-refractivity contribution in [2.75, 3.05) is 6.61 Å². The molecule has 5 nitrogen and oxygen atoms in total. The van der Waals surface area contributed by atoms with Crippen molar-refractivity contribution in [2.24, 2.45) is 0 Å². The zero-order valence-corrected chi connectivity index (χ0v) is 20.1. The van der Waals surface area contributed by atoms with Gasteiger partial charge in [0, 0.05) is 6.42 Å². The molecule has 4 atom stereocenters. The highest BCUT2D eigenvalue weighted by atomic mass is 28.4. The molecular weight excluding hydrogens is 372 g/mol. The Bertz CT molecular complexity index is 586. The molecule has 1 N–H and O–H groups in total. The lowest BCUT2D eigenvalue weighted by Gasteiger charge is -2.38. The van der Waals surface area contributed by atoms with Crippen molar-refractivity contribution < 1.29 is 23.7 Å². The van der Waals surface area contributed by atoms with E-state index in [9.17, 15) is 5.11 Å². The molecule has 0 spiro atoms. The minimum atomic E-state index is -1.97. The zero-order valence-electron chi connectivity index (χ0n) is 19.1. The SMILES string of the molecule is CCCCCCC#C[C@@]1(O)[C@@H](CO[Si](C)(C)C(C)(C)C)O[C@@H]2OC(C)(C)O[C@@H]21. The zero-order chi connectivity index (χ0) is 21.2. The van der Waals surface area contributed by atoms with Gasteiger partial charge in [0.2, 0.25) is 0 Å². The molecule has 2 heterocycles. The molecule has 0 aromatic carbocycles. The molecule has 162 valence electrons. The van der Waals surface area contributed by atoms with Crippen molar-refractivity contribution in [1.82, 2.24) is 0 Å². The second-order valence-corrected chi connectivity index (χ2v) is 14.9. The molecule has 0 radical (unpaired) electrons. The van der Waals surface area contributed by atoms with E-state index in [-0.39, 0.29) is 11.6 Å². The molecule has 28 heavy (non-hydrogen) atoms. The first-order chi connectivity index (χ1) is 12.8. The summed E-state index contributed by atoms with van der Waals surface area (Å²) in [6.45, 7) is 17.1. The van der Waals surface area contributed by atoms with Crippen LogP contribution in [0.15, 0.2) is 0 Å². The predicted octanol–water partition coefficient (Wildman–Crippen LogP) is 4.59. The summed E-state index contributed by atoms with van der Waals surface area (Å²) in [5.41, 5.74) is -1.43. The fraction of sp³-hybridized carbons (Fsp3) is 0.909. The molecule has 2 saturated heterocycles. The van der Waals surface area contributed by atoms with Gasteiger partial charge in [-0.3, -0.25) is 0 Å². The Kier molecular flexibility index (Phi) is 7.45. The molecule has 2 aliphatic rings. The number of rotatable bonds is 7. The number of unbranched alkanes of at least 4 members (excludes halogenated alkanes) is 4. The molecule has 0 amide bonds. The van der Waals surface area contributed by atoms with E-state index >= 15 is 0 Å². The van der Waals surface area contributed by atoms with E-state index in [0.717, 1.165) is 19.3 Å². The molecule has 2 aliphatic heterocycles. The Hall–Kier alpha value is -0.423. The molecule has 0 unspecified atom stereocenters. The van der Waals surface area contributed by atoms with Crippen LogP contribution < -0.4 is 0 Å². The van der Waals surface area contributed by atoms with Crippen molar-refractivity contribution in [1.29, 1.82) is 0 Å². The van der Waals surface area contributed by atoms with Gasteiger partial charge >= 0.3 is 0 Å². The molecule has 6 heteroatoms.